The van der Waals surface area contributed by atoms with Crippen LogP contribution in [-0.4, -0.2) is 20.4 Å². The van der Waals surface area contributed by atoms with Crippen molar-refractivity contribution in [2.45, 2.75) is 31.8 Å². The van der Waals surface area contributed by atoms with Gasteiger partial charge in [0.15, 0.2) is 0 Å². The maximum Gasteiger partial charge on any atom is 0.250 e. The largest absolute Gasteiger partial charge is 0.315 e. The molecule has 5 heteroatoms. The van der Waals surface area contributed by atoms with E-state index in [0.717, 1.165) is 25.8 Å². The smallest absolute Gasteiger partial charge is 0.250 e. The highest BCUT2D eigenvalue weighted by Crippen LogP contribution is 2.19. The number of aromatic nitrogens is 3. The van der Waals surface area contributed by atoms with Crippen LogP contribution in [0.2, 0.25) is 0 Å². The van der Waals surface area contributed by atoms with Gasteiger partial charge >= 0.3 is 0 Å². The summed E-state index contributed by atoms with van der Waals surface area (Å²) in [5, 5.41) is 7.76. The fourth-order valence-corrected chi connectivity index (χ4v) is 2.92. The SMILES string of the molecule is Cn1cc(CN[C@H]2CCc3c(ccc(=O)n3C)C2)cn1. The van der Waals surface area contributed by atoms with Gasteiger partial charge in [-0.1, -0.05) is 6.07 Å². The van der Waals surface area contributed by atoms with Crippen LogP contribution in [0.5, 0.6) is 0 Å². The van der Waals surface area contributed by atoms with Gasteiger partial charge in [-0.25, -0.2) is 0 Å². The van der Waals surface area contributed by atoms with E-state index in [0.29, 0.717) is 6.04 Å². The minimum Gasteiger partial charge on any atom is -0.315 e. The molecule has 0 unspecified atom stereocenters. The Hall–Kier alpha value is -1.88. The van der Waals surface area contributed by atoms with Gasteiger partial charge in [-0.05, 0) is 24.8 Å². The maximum absolute atomic E-state index is 11.6. The highest BCUT2D eigenvalue weighted by Gasteiger charge is 2.20. The van der Waals surface area contributed by atoms with E-state index >= 15 is 0 Å². The molecule has 0 aromatic carbocycles. The average Bonchev–Trinajstić information content (AvgIpc) is 2.86. The zero-order valence-corrected chi connectivity index (χ0v) is 12.0. The van der Waals surface area contributed by atoms with Gasteiger partial charge in [0, 0.05) is 50.2 Å². The fraction of sp³-hybridized carbons (Fsp3) is 0.467. The van der Waals surface area contributed by atoms with E-state index in [-0.39, 0.29) is 5.56 Å². The van der Waals surface area contributed by atoms with Crippen LogP contribution in [0.15, 0.2) is 29.3 Å². The molecule has 20 heavy (non-hydrogen) atoms. The van der Waals surface area contributed by atoms with Crippen molar-refractivity contribution in [2.24, 2.45) is 14.1 Å². The Balaban J connectivity index is 1.67. The molecule has 1 N–H and O–H groups in total. The predicted molar refractivity (Wildman–Crippen MR) is 77.5 cm³/mol. The Kier molecular flexibility index (Phi) is 3.44. The lowest BCUT2D eigenvalue weighted by Gasteiger charge is -2.26. The van der Waals surface area contributed by atoms with Crippen LogP contribution in [0.1, 0.15) is 23.2 Å². The van der Waals surface area contributed by atoms with E-state index in [1.54, 1.807) is 10.6 Å². The number of fused-ring (bicyclic) bond motifs is 1. The minimum absolute atomic E-state index is 0.0884. The molecule has 0 amide bonds. The number of rotatable bonds is 3. The van der Waals surface area contributed by atoms with Gasteiger partial charge in [0.25, 0.3) is 0 Å². The molecule has 0 bridgehead atoms. The summed E-state index contributed by atoms with van der Waals surface area (Å²) in [6.45, 7) is 0.847. The first-order chi connectivity index (χ1) is 9.63. The first-order valence-electron chi connectivity index (χ1n) is 7.02. The second-order valence-electron chi connectivity index (χ2n) is 5.55. The molecular formula is C15H20N4O. The van der Waals surface area contributed by atoms with Crippen LogP contribution in [0.4, 0.5) is 0 Å². The molecule has 2 aromatic heterocycles. The molecule has 0 fully saturated rings. The summed E-state index contributed by atoms with van der Waals surface area (Å²) in [6, 6.07) is 4.12. The molecule has 106 valence electrons. The van der Waals surface area contributed by atoms with Gasteiger partial charge in [-0.3, -0.25) is 9.48 Å². The van der Waals surface area contributed by atoms with Crippen molar-refractivity contribution in [3.63, 3.8) is 0 Å². The van der Waals surface area contributed by atoms with Crippen molar-refractivity contribution in [1.82, 2.24) is 19.7 Å². The highest BCUT2D eigenvalue weighted by molar-refractivity contribution is 5.25. The molecule has 5 nitrogen and oxygen atoms in total. The molecule has 1 aliphatic carbocycles. The molecule has 0 spiro atoms. The predicted octanol–water partition coefficient (Wildman–Crippen LogP) is 0.766. The number of nitrogens with one attached hydrogen (secondary N) is 1. The van der Waals surface area contributed by atoms with Crippen molar-refractivity contribution in [3.8, 4) is 0 Å². The Morgan fingerprint density at radius 2 is 2.25 bits per heavy atom. The lowest BCUT2D eigenvalue weighted by molar-refractivity contribution is 0.445. The van der Waals surface area contributed by atoms with Crippen molar-refractivity contribution in [2.75, 3.05) is 0 Å². The molecule has 0 aliphatic heterocycles. The minimum atomic E-state index is 0.0884. The van der Waals surface area contributed by atoms with Crippen molar-refractivity contribution >= 4 is 0 Å². The quantitative estimate of drug-likeness (QED) is 0.898. The second-order valence-corrected chi connectivity index (χ2v) is 5.55. The van der Waals surface area contributed by atoms with Gasteiger partial charge < -0.3 is 9.88 Å². The number of hydrogen-bond donors (Lipinski definition) is 1. The summed E-state index contributed by atoms with van der Waals surface area (Å²) in [5.41, 5.74) is 3.78. The van der Waals surface area contributed by atoms with E-state index in [9.17, 15) is 4.79 Å². The zero-order valence-electron chi connectivity index (χ0n) is 12.0. The molecule has 0 saturated carbocycles. The lowest BCUT2D eigenvalue weighted by atomic mass is 9.91. The highest BCUT2D eigenvalue weighted by atomic mass is 16.1. The molecule has 0 saturated heterocycles. The molecule has 3 rings (SSSR count). The molecule has 1 atom stereocenters. The number of aryl methyl sites for hydroxylation is 1. The van der Waals surface area contributed by atoms with E-state index in [4.69, 9.17) is 0 Å². The summed E-state index contributed by atoms with van der Waals surface area (Å²) >= 11 is 0. The number of hydrogen-bond acceptors (Lipinski definition) is 3. The first-order valence-corrected chi connectivity index (χ1v) is 7.02. The summed E-state index contributed by atoms with van der Waals surface area (Å²) < 4.78 is 3.61. The second kappa shape index (κ2) is 5.25. The van der Waals surface area contributed by atoms with Gasteiger partial charge in [-0.2, -0.15) is 5.10 Å². The third-order valence-corrected chi connectivity index (χ3v) is 4.08. The van der Waals surface area contributed by atoms with Crippen molar-refractivity contribution < 1.29 is 0 Å². The number of nitrogens with zero attached hydrogens (tertiary/aromatic N) is 3. The Morgan fingerprint density at radius 1 is 1.40 bits per heavy atom. The third-order valence-electron chi connectivity index (χ3n) is 4.08. The van der Waals surface area contributed by atoms with Crippen LogP contribution >= 0.6 is 0 Å². The maximum atomic E-state index is 11.6. The van der Waals surface area contributed by atoms with Gasteiger partial charge in [-0.15, -0.1) is 0 Å². The molecule has 1 aliphatic rings. The monoisotopic (exact) mass is 272 g/mol. The molecule has 2 heterocycles. The first kappa shape index (κ1) is 13.1. The Labute approximate surface area is 118 Å². The Bertz CT molecular complexity index is 671. The van der Waals surface area contributed by atoms with Crippen molar-refractivity contribution in [1.29, 1.82) is 0 Å². The van der Waals surface area contributed by atoms with Crippen LogP contribution < -0.4 is 10.9 Å². The van der Waals surface area contributed by atoms with Crippen LogP contribution in [0.25, 0.3) is 0 Å². The molecular weight excluding hydrogens is 252 g/mol. The topological polar surface area (TPSA) is 51.9 Å². The van der Waals surface area contributed by atoms with Crippen LogP contribution in [0.3, 0.4) is 0 Å². The van der Waals surface area contributed by atoms with Crippen LogP contribution in [0, 0.1) is 0 Å². The lowest BCUT2D eigenvalue weighted by Crippen LogP contribution is -2.36. The van der Waals surface area contributed by atoms with E-state index in [2.05, 4.69) is 10.4 Å². The van der Waals surface area contributed by atoms with Gasteiger partial charge in [0.1, 0.15) is 0 Å². The van der Waals surface area contributed by atoms with Gasteiger partial charge in [0.05, 0.1) is 6.20 Å². The van der Waals surface area contributed by atoms with Crippen LogP contribution in [-0.2, 0) is 33.5 Å². The molecule has 0 radical (unpaired) electrons. The standard InChI is InChI=1S/C15H20N4O/c1-18-10-11(9-17-18)8-16-13-4-5-14-12(7-13)3-6-15(20)19(14)2/h3,6,9-10,13,16H,4-5,7-8H2,1-2H3/t13-/m0/s1. The average molecular weight is 272 g/mol. The molecule has 2 aromatic rings. The Morgan fingerprint density at radius 3 is 3.00 bits per heavy atom. The summed E-state index contributed by atoms with van der Waals surface area (Å²) in [4.78, 5) is 11.6. The number of pyridine rings is 1. The van der Waals surface area contributed by atoms with E-state index < -0.39 is 0 Å². The van der Waals surface area contributed by atoms with Gasteiger partial charge in [0.2, 0.25) is 5.56 Å². The summed E-state index contributed by atoms with van der Waals surface area (Å²) in [6.07, 6.45) is 6.96. The van der Waals surface area contributed by atoms with Crippen molar-refractivity contribution in [3.05, 3.63) is 51.7 Å². The summed E-state index contributed by atoms with van der Waals surface area (Å²) in [5.74, 6) is 0. The summed E-state index contributed by atoms with van der Waals surface area (Å²) in [7, 11) is 3.80. The van der Waals surface area contributed by atoms with E-state index in [1.807, 2.05) is 37.2 Å². The third kappa shape index (κ3) is 2.54. The normalized spacial score (nSPS) is 18.0. The fourth-order valence-electron chi connectivity index (χ4n) is 2.92. The zero-order chi connectivity index (χ0) is 14.1. The van der Waals surface area contributed by atoms with E-state index in [1.165, 1.54) is 16.8 Å².